The Labute approximate surface area is 183 Å². The third kappa shape index (κ3) is 4.88. The molecular formula is C21H30N4O3S2. The van der Waals surface area contributed by atoms with Gasteiger partial charge in [0.25, 0.3) is 5.91 Å². The maximum absolute atomic E-state index is 12.7. The second-order valence-electron chi connectivity index (χ2n) is 7.86. The highest BCUT2D eigenvalue weighted by molar-refractivity contribution is 7.98. The first-order valence-electron chi connectivity index (χ1n) is 10.4. The highest BCUT2D eigenvalue weighted by atomic mass is 32.2. The van der Waals surface area contributed by atoms with Gasteiger partial charge in [-0.05, 0) is 51.5 Å². The van der Waals surface area contributed by atoms with Gasteiger partial charge in [0.1, 0.15) is 5.82 Å². The van der Waals surface area contributed by atoms with E-state index in [9.17, 15) is 13.2 Å². The molecule has 0 bridgehead atoms. The van der Waals surface area contributed by atoms with Gasteiger partial charge < -0.3 is 9.88 Å². The largest absolute Gasteiger partial charge is 0.352 e. The predicted molar refractivity (Wildman–Crippen MR) is 119 cm³/mol. The molecule has 0 unspecified atom stereocenters. The predicted octanol–water partition coefficient (Wildman–Crippen LogP) is 3.66. The number of rotatable bonds is 9. The van der Waals surface area contributed by atoms with Crippen molar-refractivity contribution in [1.29, 1.82) is 0 Å². The number of carbonyl (C=O) groups excluding carboxylic acids is 1. The summed E-state index contributed by atoms with van der Waals surface area (Å²) >= 11 is 1.61. The van der Waals surface area contributed by atoms with Gasteiger partial charge in [0.15, 0.2) is 15.0 Å². The van der Waals surface area contributed by atoms with E-state index in [2.05, 4.69) is 20.1 Å². The highest BCUT2D eigenvalue weighted by Crippen LogP contribution is 2.33. The molecule has 9 heteroatoms. The van der Waals surface area contributed by atoms with Gasteiger partial charge in [-0.15, -0.1) is 10.2 Å². The molecule has 7 nitrogen and oxygen atoms in total. The molecule has 1 amide bonds. The van der Waals surface area contributed by atoms with Crippen LogP contribution in [0.25, 0.3) is 0 Å². The van der Waals surface area contributed by atoms with Crippen molar-refractivity contribution in [2.45, 2.75) is 73.7 Å². The Balaban J connectivity index is 1.62. The lowest BCUT2D eigenvalue weighted by atomic mass is 10.2. The molecule has 0 atom stereocenters. The molecule has 3 rings (SSSR count). The topological polar surface area (TPSA) is 94.0 Å². The summed E-state index contributed by atoms with van der Waals surface area (Å²) in [4.78, 5) is 12.7. The summed E-state index contributed by atoms with van der Waals surface area (Å²) in [6, 6.07) is 6.86. The molecule has 1 fully saturated rings. The van der Waals surface area contributed by atoms with Gasteiger partial charge in [-0.3, -0.25) is 4.79 Å². The fourth-order valence-electron chi connectivity index (χ4n) is 3.85. The van der Waals surface area contributed by atoms with Crippen LogP contribution in [0.2, 0.25) is 0 Å². The Morgan fingerprint density at radius 3 is 2.60 bits per heavy atom. The quantitative estimate of drug-likeness (QED) is 0.463. The SMILES string of the molecule is CSc1nnc(CCCNC(=O)c2ccccc2S(=O)(=O)C(C)C)n1C1CCCC1. The van der Waals surface area contributed by atoms with Crippen molar-refractivity contribution < 1.29 is 13.2 Å². The summed E-state index contributed by atoms with van der Waals surface area (Å²) in [6.45, 7) is 3.68. The molecular weight excluding hydrogens is 420 g/mol. The summed E-state index contributed by atoms with van der Waals surface area (Å²) in [5.74, 6) is 0.597. The zero-order valence-electron chi connectivity index (χ0n) is 17.8. The normalized spacial score (nSPS) is 15.1. The minimum absolute atomic E-state index is 0.0862. The van der Waals surface area contributed by atoms with Crippen molar-refractivity contribution >= 4 is 27.5 Å². The van der Waals surface area contributed by atoms with E-state index in [0.717, 1.165) is 30.2 Å². The molecule has 1 aliphatic rings. The molecule has 0 spiro atoms. The van der Waals surface area contributed by atoms with Crippen LogP contribution in [0.1, 0.15) is 68.2 Å². The van der Waals surface area contributed by atoms with Gasteiger partial charge >= 0.3 is 0 Å². The van der Waals surface area contributed by atoms with E-state index >= 15 is 0 Å². The first kappa shape index (κ1) is 22.8. The van der Waals surface area contributed by atoms with Crippen molar-refractivity contribution in [3.8, 4) is 0 Å². The number of amides is 1. The van der Waals surface area contributed by atoms with Crippen LogP contribution in [-0.4, -0.2) is 47.1 Å². The van der Waals surface area contributed by atoms with E-state index in [1.807, 2.05) is 6.26 Å². The number of hydrogen-bond acceptors (Lipinski definition) is 6. The molecule has 30 heavy (non-hydrogen) atoms. The molecule has 2 aromatic rings. The molecule has 0 saturated heterocycles. The third-order valence-electron chi connectivity index (χ3n) is 5.53. The number of aromatic nitrogens is 3. The summed E-state index contributed by atoms with van der Waals surface area (Å²) in [6.07, 6.45) is 8.26. The van der Waals surface area contributed by atoms with Crippen molar-refractivity contribution in [3.05, 3.63) is 35.7 Å². The monoisotopic (exact) mass is 450 g/mol. The number of nitrogens with one attached hydrogen (secondary N) is 1. The molecule has 1 aromatic heterocycles. The Hall–Kier alpha value is -1.87. The van der Waals surface area contributed by atoms with Gasteiger partial charge in [0, 0.05) is 19.0 Å². The lowest BCUT2D eigenvalue weighted by Crippen LogP contribution is -2.28. The molecule has 164 valence electrons. The van der Waals surface area contributed by atoms with Crippen molar-refractivity contribution in [2.75, 3.05) is 12.8 Å². The first-order valence-corrected chi connectivity index (χ1v) is 13.2. The van der Waals surface area contributed by atoms with Crippen molar-refractivity contribution in [3.63, 3.8) is 0 Å². The van der Waals surface area contributed by atoms with Gasteiger partial charge in [-0.2, -0.15) is 0 Å². The molecule has 1 heterocycles. The number of aryl methyl sites for hydroxylation is 1. The van der Waals surface area contributed by atoms with Crippen molar-refractivity contribution in [2.24, 2.45) is 0 Å². The molecule has 0 aliphatic heterocycles. The van der Waals surface area contributed by atoms with Crippen LogP contribution in [0.4, 0.5) is 0 Å². The van der Waals surface area contributed by atoms with E-state index in [-0.39, 0.29) is 16.4 Å². The number of benzene rings is 1. The number of hydrogen-bond donors (Lipinski definition) is 1. The molecule has 1 saturated carbocycles. The smallest absolute Gasteiger partial charge is 0.252 e. The lowest BCUT2D eigenvalue weighted by molar-refractivity contribution is 0.0950. The van der Waals surface area contributed by atoms with Crippen LogP contribution in [0.5, 0.6) is 0 Å². The van der Waals surface area contributed by atoms with Crippen LogP contribution < -0.4 is 5.32 Å². The Bertz CT molecular complexity index is 980. The molecule has 0 radical (unpaired) electrons. The Morgan fingerprint density at radius 2 is 1.93 bits per heavy atom. The summed E-state index contributed by atoms with van der Waals surface area (Å²) in [5, 5.41) is 11.9. The minimum Gasteiger partial charge on any atom is -0.352 e. The van der Waals surface area contributed by atoms with E-state index in [1.54, 1.807) is 43.8 Å². The second-order valence-corrected chi connectivity index (χ2v) is 11.1. The minimum atomic E-state index is -3.53. The van der Waals surface area contributed by atoms with E-state index < -0.39 is 15.1 Å². The standard InChI is InChI=1S/C21H30N4O3S2/c1-15(2)30(27,28)18-12-7-6-11-17(18)20(26)22-14-8-13-19-23-24-21(29-3)25(19)16-9-4-5-10-16/h6-7,11-12,15-16H,4-5,8-10,13-14H2,1-3H3,(H,22,26). The summed E-state index contributed by atoms with van der Waals surface area (Å²) < 4.78 is 27.4. The average Bonchev–Trinajstić information content (AvgIpc) is 3.40. The maximum atomic E-state index is 12.7. The first-order chi connectivity index (χ1) is 14.4. The van der Waals surface area contributed by atoms with Gasteiger partial charge in [-0.1, -0.05) is 36.7 Å². The fraction of sp³-hybridized carbons (Fsp3) is 0.571. The average molecular weight is 451 g/mol. The van der Waals surface area contributed by atoms with E-state index in [4.69, 9.17) is 0 Å². The fourth-order valence-corrected chi connectivity index (χ4v) is 5.66. The van der Waals surface area contributed by atoms with E-state index in [0.29, 0.717) is 19.0 Å². The van der Waals surface area contributed by atoms with Gasteiger partial charge in [0.2, 0.25) is 0 Å². The lowest BCUT2D eigenvalue weighted by Gasteiger charge is -2.16. The summed E-state index contributed by atoms with van der Waals surface area (Å²) in [7, 11) is -3.53. The number of nitrogens with zero attached hydrogens (tertiary/aromatic N) is 3. The number of carbonyl (C=O) groups is 1. The van der Waals surface area contributed by atoms with Crippen LogP contribution in [0.3, 0.4) is 0 Å². The molecule has 1 aromatic carbocycles. The van der Waals surface area contributed by atoms with Crippen LogP contribution >= 0.6 is 11.8 Å². The van der Waals surface area contributed by atoms with Gasteiger partial charge in [0.05, 0.1) is 15.7 Å². The maximum Gasteiger partial charge on any atom is 0.252 e. The van der Waals surface area contributed by atoms with E-state index in [1.165, 1.54) is 18.9 Å². The van der Waals surface area contributed by atoms with Crippen LogP contribution in [0, 0.1) is 0 Å². The van der Waals surface area contributed by atoms with Crippen molar-refractivity contribution in [1.82, 2.24) is 20.1 Å². The molecule has 1 aliphatic carbocycles. The third-order valence-corrected chi connectivity index (χ3v) is 8.38. The van der Waals surface area contributed by atoms with Gasteiger partial charge in [-0.25, -0.2) is 8.42 Å². The van der Waals surface area contributed by atoms with Crippen LogP contribution in [0.15, 0.2) is 34.3 Å². The Morgan fingerprint density at radius 1 is 1.23 bits per heavy atom. The number of thioether (sulfide) groups is 1. The zero-order valence-corrected chi connectivity index (χ0v) is 19.4. The number of sulfone groups is 1. The zero-order chi connectivity index (χ0) is 21.7. The van der Waals surface area contributed by atoms with Crippen LogP contribution in [-0.2, 0) is 16.3 Å². The summed E-state index contributed by atoms with van der Waals surface area (Å²) in [5.41, 5.74) is 0.199. The highest BCUT2D eigenvalue weighted by Gasteiger charge is 2.25. The molecule has 1 N–H and O–H groups in total. The Kier molecular flexibility index (Phi) is 7.57. The second kappa shape index (κ2) is 9.96.